The summed E-state index contributed by atoms with van der Waals surface area (Å²) in [5, 5.41) is 29.8. The third kappa shape index (κ3) is 11.8. The van der Waals surface area contributed by atoms with Crippen molar-refractivity contribution in [2.45, 2.75) is 46.5 Å². The summed E-state index contributed by atoms with van der Waals surface area (Å²) < 4.78 is 0.308. The molecule has 3 atom stereocenters. The Morgan fingerprint density at radius 1 is 1.08 bits per heavy atom. The van der Waals surface area contributed by atoms with Gasteiger partial charge in [0.25, 0.3) is 0 Å². The zero-order chi connectivity index (χ0) is 18.6. The molecule has 6 nitrogen and oxygen atoms in total. The summed E-state index contributed by atoms with van der Waals surface area (Å²) in [5.74, 6) is -3.30. The number of carboxylic acid groups (broad SMARTS) is 2. The zero-order valence-corrected chi connectivity index (χ0v) is 18.2. The van der Waals surface area contributed by atoms with Crippen LogP contribution in [-0.2, 0) is 9.59 Å². The smallest absolute Gasteiger partial charge is 0.550 e. The van der Waals surface area contributed by atoms with Gasteiger partial charge in [0.2, 0.25) is 0 Å². The second-order valence-corrected chi connectivity index (χ2v) is 6.76. The fourth-order valence-electron chi connectivity index (χ4n) is 3.13. The number of hydrogen-bond acceptors (Lipinski definition) is 4. The summed E-state index contributed by atoms with van der Waals surface area (Å²) in [6.07, 6.45) is 8.06. The van der Waals surface area contributed by atoms with Crippen LogP contribution in [0.4, 0.5) is 0 Å². The van der Waals surface area contributed by atoms with Gasteiger partial charge in [-0.05, 0) is 39.5 Å². The van der Waals surface area contributed by atoms with Crippen LogP contribution in [0.1, 0.15) is 46.5 Å². The normalized spacial score (nSPS) is 16.0. The number of rotatable bonds is 14. The Kier molecular flexibility index (Phi) is 15.8. The predicted molar refractivity (Wildman–Crippen MR) is 91.1 cm³/mol. The van der Waals surface area contributed by atoms with Crippen molar-refractivity contribution in [1.29, 1.82) is 0 Å². The molecule has 0 heterocycles. The summed E-state index contributed by atoms with van der Waals surface area (Å²) >= 11 is 0. The average Bonchev–Trinajstić information content (AvgIpc) is 2.50. The molecular formula is C18H33NNaO5+. The number of aliphatic carboxylic acids is 2. The Labute approximate surface area is 173 Å². The first kappa shape index (κ1) is 26.8. The van der Waals surface area contributed by atoms with Gasteiger partial charge in [-0.2, -0.15) is 0 Å². The molecule has 0 spiro atoms. The Balaban J connectivity index is 0. The zero-order valence-electron chi connectivity index (χ0n) is 16.2. The molecule has 3 unspecified atom stereocenters. The topological polar surface area (TPSA) is 97.7 Å². The molecular weight excluding hydrogens is 333 g/mol. The molecule has 0 aliphatic carbocycles. The first-order valence-electron chi connectivity index (χ1n) is 8.78. The van der Waals surface area contributed by atoms with E-state index >= 15 is 0 Å². The summed E-state index contributed by atoms with van der Waals surface area (Å²) in [6.45, 7) is 6.75. The van der Waals surface area contributed by atoms with Crippen LogP contribution in [0.5, 0.6) is 0 Å². The maximum atomic E-state index is 11.2. The van der Waals surface area contributed by atoms with Gasteiger partial charge in [-0.3, -0.25) is 4.79 Å². The van der Waals surface area contributed by atoms with Gasteiger partial charge in [0, 0.05) is 11.9 Å². The maximum Gasteiger partial charge on any atom is 1.00 e. The van der Waals surface area contributed by atoms with Crippen LogP contribution in [0.25, 0.3) is 0 Å². The number of nitrogens with zero attached hydrogens (tertiary/aromatic N) is 1. The van der Waals surface area contributed by atoms with Gasteiger partial charge in [0.15, 0.2) is 0 Å². The van der Waals surface area contributed by atoms with Crippen molar-refractivity contribution in [2.75, 3.05) is 32.8 Å². The van der Waals surface area contributed by atoms with Crippen molar-refractivity contribution < 1.29 is 58.9 Å². The fraction of sp³-hybridized carbons (Fsp3) is 0.778. The quantitative estimate of drug-likeness (QED) is 0.161. The second-order valence-electron chi connectivity index (χ2n) is 6.76. The van der Waals surface area contributed by atoms with Crippen LogP contribution < -0.4 is 34.7 Å². The Hall–Kier alpha value is -0.400. The molecule has 7 heteroatoms. The Bertz CT molecular complexity index is 392. The summed E-state index contributed by atoms with van der Waals surface area (Å²) in [5.41, 5.74) is 0. The molecule has 0 aliphatic rings. The minimum Gasteiger partial charge on any atom is -0.550 e. The molecule has 0 saturated heterocycles. The van der Waals surface area contributed by atoms with E-state index in [9.17, 15) is 24.9 Å². The van der Waals surface area contributed by atoms with Crippen LogP contribution in [0.3, 0.4) is 0 Å². The third-order valence-corrected chi connectivity index (χ3v) is 4.46. The number of carbonyl (C=O) groups excluding carboxylic acids is 1. The van der Waals surface area contributed by atoms with Gasteiger partial charge < -0.3 is 24.6 Å². The van der Waals surface area contributed by atoms with E-state index < -0.39 is 23.8 Å². The summed E-state index contributed by atoms with van der Waals surface area (Å²) in [6, 6.07) is 0. The molecule has 25 heavy (non-hydrogen) atoms. The molecule has 2 N–H and O–H groups in total. The van der Waals surface area contributed by atoms with Gasteiger partial charge in [0.05, 0.1) is 26.2 Å². The molecule has 0 aromatic carbocycles. The number of aliphatic hydroxyl groups excluding tert-OH is 1. The van der Waals surface area contributed by atoms with Gasteiger partial charge in [-0.15, -0.1) is 0 Å². The largest absolute Gasteiger partial charge is 1.00 e. The van der Waals surface area contributed by atoms with E-state index in [1.807, 2.05) is 13.0 Å². The molecule has 0 saturated carbocycles. The fourth-order valence-corrected chi connectivity index (χ4v) is 3.13. The summed E-state index contributed by atoms with van der Waals surface area (Å²) in [4.78, 5) is 22.4. The van der Waals surface area contributed by atoms with Crippen LogP contribution in [0.15, 0.2) is 12.2 Å². The van der Waals surface area contributed by atoms with Crippen molar-refractivity contribution in [3.63, 3.8) is 0 Å². The van der Waals surface area contributed by atoms with Crippen LogP contribution in [-0.4, -0.2) is 59.4 Å². The molecule has 0 aromatic heterocycles. The van der Waals surface area contributed by atoms with Crippen molar-refractivity contribution >= 4 is 11.9 Å². The minimum absolute atomic E-state index is 0. The molecule has 0 aliphatic heterocycles. The molecule has 0 radical (unpaired) electrons. The number of carboxylic acids is 2. The van der Waals surface area contributed by atoms with E-state index in [0.29, 0.717) is 24.1 Å². The molecule has 0 amide bonds. The van der Waals surface area contributed by atoms with Crippen LogP contribution >= 0.6 is 0 Å². The van der Waals surface area contributed by atoms with Gasteiger partial charge in [-0.25, -0.2) is 0 Å². The first-order valence-corrected chi connectivity index (χ1v) is 8.78. The van der Waals surface area contributed by atoms with Gasteiger partial charge in [0.1, 0.15) is 12.5 Å². The van der Waals surface area contributed by atoms with Crippen molar-refractivity contribution in [2.24, 2.45) is 11.8 Å². The standard InChI is InChI=1S/C18H33NO5.Na/c1-4-5-6-7-8-9-10-19(11-12-20,13-15(2)17(21)22)14-16(3)18(23)24;/h4-5,15-16,20H,6-14H2,1-3H3,(H-,21,22,23,24);/q;+1/b5-4+;. The molecule has 0 fully saturated rings. The van der Waals surface area contributed by atoms with Crippen molar-refractivity contribution in [3.8, 4) is 0 Å². The predicted octanol–water partition coefficient (Wildman–Crippen LogP) is -1.96. The number of unbranched alkanes of at least 4 members (excludes halogenated alkanes) is 3. The maximum absolute atomic E-state index is 11.2. The number of hydrogen-bond donors (Lipinski definition) is 2. The van der Waals surface area contributed by atoms with E-state index in [1.54, 1.807) is 13.8 Å². The SMILES string of the molecule is C/C=C/CCCCC[N+](CCO)(CC(C)C(=O)[O-])CC(C)C(=O)O.[Na+]. The number of carbonyl (C=O) groups is 2. The molecule has 0 bridgehead atoms. The number of quaternary nitrogens is 1. The summed E-state index contributed by atoms with van der Waals surface area (Å²) in [7, 11) is 0. The van der Waals surface area contributed by atoms with Crippen molar-refractivity contribution in [1.82, 2.24) is 0 Å². The van der Waals surface area contributed by atoms with Crippen LogP contribution in [0.2, 0.25) is 0 Å². The number of aliphatic hydroxyl groups is 1. The van der Waals surface area contributed by atoms with Crippen molar-refractivity contribution in [3.05, 3.63) is 12.2 Å². The van der Waals surface area contributed by atoms with E-state index in [-0.39, 0.29) is 42.7 Å². The second kappa shape index (κ2) is 14.7. The van der Waals surface area contributed by atoms with E-state index in [0.717, 1.165) is 25.7 Å². The molecule has 0 aromatic rings. The Morgan fingerprint density at radius 2 is 1.68 bits per heavy atom. The van der Waals surface area contributed by atoms with E-state index in [2.05, 4.69) is 6.08 Å². The Morgan fingerprint density at radius 3 is 2.16 bits per heavy atom. The number of allylic oxidation sites excluding steroid dienone is 2. The van der Waals surface area contributed by atoms with E-state index in [1.165, 1.54) is 0 Å². The van der Waals surface area contributed by atoms with Crippen LogP contribution in [0, 0.1) is 11.8 Å². The van der Waals surface area contributed by atoms with Gasteiger partial charge >= 0.3 is 35.5 Å². The van der Waals surface area contributed by atoms with E-state index in [4.69, 9.17) is 0 Å². The molecule has 0 rings (SSSR count). The average molecular weight is 366 g/mol. The minimum atomic E-state index is -1.13. The monoisotopic (exact) mass is 366 g/mol. The van der Waals surface area contributed by atoms with Gasteiger partial charge in [-0.1, -0.05) is 19.1 Å². The molecule has 140 valence electrons. The third-order valence-electron chi connectivity index (χ3n) is 4.46. The first-order chi connectivity index (χ1) is 11.3.